The molecule has 2 heterocycles. The molecule has 0 spiro atoms. The summed E-state index contributed by atoms with van der Waals surface area (Å²) in [5.74, 6) is -0.875. The Labute approximate surface area is 217 Å². The summed E-state index contributed by atoms with van der Waals surface area (Å²) in [6.45, 7) is 3.68. The Morgan fingerprint density at radius 1 is 1.08 bits per heavy atom. The van der Waals surface area contributed by atoms with E-state index in [9.17, 15) is 14.7 Å². The monoisotopic (exact) mass is 502 g/mol. The lowest BCUT2D eigenvalue weighted by molar-refractivity contribution is -0.139. The number of hydrogen-bond donors (Lipinski definition) is 1. The number of rotatable bonds is 11. The fourth-order valence-electron chi connectivity index (χ4n) is 4.48. The van der Waals surface area contributed by atoms with E-state index in [1.165, 1.54) is 0 Å². The largest absolute Gasteiger partial charge is 0.507 e. The van der Waals surface area contributed by atoms with Crippen molar-refractivity contribution in [2.24, 2.45) is 0 Å². The molecule has 1 atom stereocenters. The third-order valence-electron chi connectivity index (χ3n) is 6.51. The van der Waals surface area contributed by atoms with E-state index < -0.39 is 17.7 Å². The van der Waals surface area contributed by atoms with Crippen LogP contribution in [0.1, 0.15) is 43.4 Å². The van der Waals surface area contributed by atoms with Gasteiger partial charge < -0.3 is 24.2 Å². The second kappa shape index (κ2) is 11.8. The summed E-state index contributed by atoms with van der Waals surface area (Å²) in [4.78, 5) is 34.1. The van der Waals surface area contributed by atoms with Crippen LogP contribution in [0.3, 0.4) is 0 Å². The molecule has 1 amide bonds. The maximum absolute atomic E-state index is 13.3. The summed E-state index contributed by atoms with van der Waals surface area (Å²) in [5, 5.41) is 11.4. The number of ketones is 1. The van der Waals surface area contributed by atoms with Gasteiger partial charge in [-0.25, -0.2) is 4.98 Å². The maximum atomic E-state index is 13.3. The molecule has 1 aromatic heterocycles. The Bertz CT molecular complexity index is 1250. The summed E-state index contributed by atoms with van der Waals surface area (Å²) in [6, 6.07) is 14.1. The summed E-state index contributed by atoms with van der Waals surface area (Å²) in [7, 11) is 3.90. The van der Waals surface area contributed by atoms with E-state index in [0.29, 0.717) is 37.4 Å². The number of anilines is 1. The number of amides is 1. The molecule has 194 valence electrons. The number of aryl methyl sites for hydroxylation is 1. The van der Waals surface area contributed by atoms with E-state index in [4.69, 9.17) is 4.74 Å². The number of hydrogen-bond acceptors (Lipinski definition) is 6. The smallest absolute Gasteiger partial charge is 0.295 e. The van der Waals surface area contributed by atoms with Crippen molar-refractivity contribution in [2.45, 2.75) is 38.8 Å². The van der Waals surface area contributed by atoms with Gasteiger partial charge in [0.15, 0.2) is 0 Å². The molecule has 1 saturated heterocycles. The topological polar surface area (TPSA) is 87.9 Å². The molecule has 37 heavy (non-hydrogen) atoms. The molecule has 1 aliphatic heterocycles. The zero-order valence-electron chi connectivity index (χ0n) is 21.6. The van der Waals surface area contributed by atoms with E-state index in [-0.39, 0.29) is 11.3 Å². The number of likely N-dealkylation sites (tertiary alicyclic amines) is 1. The van der Waals surface area contributed by atoms with Crippen LogP contribution < -0.4 is 9.64 Å². The minimum absolute atomic E-state index is 0.0935. The number of aromatic nitrogens is 2. The molecule has 8 heteroatoms. The van der Waals surface area contributed by atoms with Gasteiger partial charge in [-0.05, 0) is 42.7 Å². The number of aliphatic hydroxyl groups excluding tert-OH is 1. The first kappa shape index (κ1) is 26.0. The third kappa shape index (κ3) is 5.85. The molecule has 1 aliphatic rings. The highest BCUT2D eigenvalue weighted by atomic mass is 16.5. The van der Waals surface area contributed by atoms with Crippen LogP contribution in [0.2, 0.25) is 0 Å². The molecule has 1 fully saturated rings. The Morgan fingerprint density at radius 2 is 1.86 bits per heavy atom. The molecular formula is C29H34N4O4. The molecule has 1 unspecified atom stereocenters. The molecule has 2 aromatic carbocycles. The lowest BCUT2D eigenvalue weighted by Crippen LogP contribution is -2.31. The quantitative estimate of drug-likeness (QED) is 0.178. The van der Waals surface area contributed by atoms with Crippen molar-refractivity contribution in [3.8, 4) is 5.75 Å². The van der Waals surface area contributed by atoms with Crippen molar-refractivity contribution in [2.75, 3.05) is 32.1 Å². The molecule has 4 rings (SSSR count). The zero-order valence-corrected chi connectivity index (χ0v) is 21.6. The van der Waals surface area contributed by atoms with Crippen molar-refractivity contribution in [3.05, 3.63) is 84.0 Å². The number of aliphatic hydroxyl groups is 1. The number of Topliss-reactive ketones (excluding diaryl/α,β-unsaturated/α-hetero) is 1. The minimum Gasteiger partial charge on any atom is -0.507 e. The highest BCUT2D eigenvalue weighted by Crippen LogP contribution is 2.40. The van der Waals surface area contributed by atoms with Gasteiger partial charge in [0, 0.05) is 50.8 Å². The zero-order chi connectivity index (χ0) is 26.4. The van der Waals surface area contributed by atoms with E-state index >= 15 is 0 Å². The first-order chi connectivity index (χ1) is 17.9. The van der Waals surface area contributed by atoms with Crippen LogP contribution in [0.4, 0.5) is 5.69 Å². The Balaban J connectivity index is 1.70. The number of carbonyl (C=O) groups excluding carboxylic acids is 2. The number of ether oxygens (including phenoxy) is 1. The Kier molecular flexibility index (Phi) is 8.28. The van der Waals surface area contributed by atoms with Crippen molar-refractivity contribution >= 4 is 23.1 Å². The summed E-state index contributed by atoms with van der Waals surface area (Å²) in [6.07, 6.45) is 7.86. The van der Waals surface area contributed by atoms with Crippen LogP contribution in [0.25, 0.3) is 5.76 Å². The van der Waals surface area contributed by atoms with Gasteiger partial charge in [-0.3, -0.25) is 9.59 Å². The lowest BCUT2D eigenvalue weighted by Gasteiger charge is -2.26. The molecule has 0 saturated carbocycles. The fraction of sp³-hybridized carbons (Fsp3) is 0.345. The van der Waals surface area contributed by atoms with Gasteiger partial charge in [-0.15, -0.1) is 0 Å². The summed E-state index contributed by atoms with van der Waals surface area (Å²) < 4.78 is 7.73. The van der Waals surface area contributed by atoms with E-state index in [0.717, 1.165) is 24.1 Å². The molecule has 0 radical (unpaired) electrons. The number of carbonyl (C=O) groups is 2. The molecule has 0 aliphatic carbocycles. The van der Waals surface area contributed by atoms with Crippen molar-refractivity contribution in [1.82, 2.24) is 14.5 Å². The Morgan fingerprint density at radius 3 is 2.54 bits per heavy atom. The fourth-order valence-corrected chi connectivity index (χ4v) is 4.48. The first-order valence-corrected chi connectivity index (χ1v) is 12.7. The van der Waals surface area contributed by atoms with Crippen molar-refractivity contribution in [3.63, 3.8) is 0 Å². The van der Waals surface area contributed by atoms with Gasteiger partial charge in [0.1, 0.15) is 11.5 Å². The second-order valence-electron chi connectivity index (χ2n) is 9.36. The van der Waals surface area contributed by atoms with Gasteiger partial charge in [-0.2, -0.15) is 0 Å². The molecule has 3 aromatic rings. The minimum atomic E-state index is -0.691. The SMILES string of the molecule is CCCCOc1cccc(/C(O)=C2\C(=O)C(=O)N(CCCn3ccnc3)C2c2ccc(N(C)C)cc2)c1. The van der Waals surface area contributed by atoms with Crippen molar-refractivity contribution < 1.29 is 19.4 Å². The molecule has 1 N–H and O–H groups in total. The molecule has 0 bridgehead atoms. The molecular weight excluding hydrogens is 468 g/mol. The number of nitrogens with zero attached hydrogens (tertiary/aromatic N) is 4. The summed E-state index contributed by atoms with van der Waals surface area (Å²) in [5.41, 5.74) is 2.30. The van der Waals surface area contributed by atoms with Crippen LogP contribution in [0.15, 0.2) is 72.8 Å². The van der Waals surface area contributed by atoms with E-state index in [1.807, 2.05) is 60.1 Å². The van der Waals surface area contributed by atoms with Gasteiger partial charge >= 0.3 is 0 Å². The third-order valence-corrected chi connectivity index (χ3v) is 6.51. The van der Waals surface area contributed by atoms with Crippen LogP contribution >= 0.6 is 0 Å². The number of imidazole rings is 1. The van der Waals surface area contributed by atoms with Gasteiger partial charge in [0.25, 0.3) is 11.7 Å². The highest BCUT2D eigenvalue weighted by Gasteiger charge is 2.45. The first-order valence-electron chi connectivity index (χ1n) is 12.7. The normalized spacial score (nSPS) is 16.8. The number of benzene rings is 2. The Hall–Kier alpha value is -4.07. The van der Waals surface area contributed by atoms with Crippen LogP contribution in [-0.2, 0) is 16.1 Å². The standard InChI is InChI=1S/C29H34N4O4/c1-4-5-18-37-24-9-6-8-22(19-24)27(34)25-26(21-10-12-23(13-11-21)31(2)3)33(29(36)28(25)35)16-7-15-32-17-14-30-20-32/h6,8-14,17,19-20,26,34H,4-5,7,15-16,18H2,1-3H3/b27-25+. The van der Waals surface area contributed by atoms with E-state index in [1.54, 1.807) is 35.6 Å². The average molecular weight is 503 g/mol. The highest BCUT2D eigenvalue weighted by molar-refractivity contribution is 6.46. The molecule has 8 nitrogen and oxygen atoms in total. The predicted molar refractivity (Wildman–Crippen MR) is 143 cm³/mol. The average Bonchev–Trinajstić information content (AvgIpc) is 3.51. The lowest BCUT2D eigenvalue weighted by atomic mass is 9.95. The van der Waals surface area contributed by atoms with Gasteiger partial charge in [0.2, 0.25) is 0 Å². The van der Waals surface area contributed by atoms with Gasteiger partial charge in [-0.1, -0.05) is 37.6 Å². The van der Waals surface area contributed by atoms with Crippen LogP contribution in [-0.4, -0.2) is 58.5 Å². The van der Waals surface area contributed by atoms with Gasteiger partial charge in [0.05, 0.1) is 24.5 Å². The summed E-state index contributed by atoms with van der Waals surface area (Å²) >= 11 is 0. The second-order valence-corrected chi connectivity index (χ2v) is 9.36. The van der Waals surface area contributed by atoms with Crippen molar-refractivity contribution in [1.29, 1.82) is 0 Å². The number of unbranched alkanes of at least 4 members (excludes halogenated alkanes) is 1. The maximum Gasteiger partial charge on any atom is 0.295 e. The van der Waals surface area contributed by atoms with Crippen LogP contribution in [0, 0.1) is 0 Å². The van der Waals surface area contributed by atoms with E-state index in [2.05, 4.69) is 11.9 Å². The predicted octanol–water partition coefficient (Wildman–Crippen LogP) is 4.64. The van der Waals surface area contributed by atoms with Crippen LogP contribution in [0.5, 0.6) is 5.75 Å².